The number of nitrogens with one attached hydrogen (secondary N) is 1. The first-order chi connectivity index (χ1) is 4.12. The van der Waals surface area contributed by atoms with Gasteiger partial charge in [-0.2, -0.15) is 0 Å². The normalized spacial score (nSPS) is 11.8. The number of rotatable bonds is 4. The maximum Gasteiger partial charge on any atom is 0.0464 e. The molecule has 5 heteroatoms. The Hall–Kier alpha value is 0.530. The zero-order valence-electron chi connectivity index (χ0n) is 4.90. The molecule has 56 valence electrons. The summed E-state index contributed by atoms with van der Waals surface area (Å²) in [4.78, 5) is 0. The second-order valence-corrected chi connectivity index (χ2v) is 4.79. The molecule has 0 aliphatic carbocycles. The minimum Gasteiger partial charge on any atom is -0.253 e. The third-order valence-corrected chi connectivity index (χ3v) is 3.37. The lowest BCUT2D eigenvalue weighted by Crippen LogP contribution is -2.10. The Balaban J connectivity index is 3.73. The first-order valence-corrected chi connectivity index (χ1v) is 5.45. The molecule has 1 N–H and O–H groups in total. The van der Waals surface area contributed by atoms with Crippen molar-refractivity contribution in [2.75, 3.05) is 23.3 Å². The summed E-state index contributed by atoms with van der Waals surface area (Å²) in [5, 5.41) is 0. The molecule has 0 rings (SSSR count). The molecule has 0 spiro atoms. The molecule has 0 heterocycles. The van der Waals surface area contributed by atoms with Gasteiger partial charge in [-0.25, -0.2) is 4.21 Å². The number of halogens is 2. The molecule has 0 atom stereocenters. The van der Waals surface area contributed by atoms with Gasteiger partial charge in [0.15, 0.2) is 0 Å². The Labute approximate surface area is 65.5 Å². The predicted molar refractivity (Wildman–Crippen MR) is 42.0 cm³/mol. The van der Waals surface area contributed by atoms with Gasteiger partial charge >= 0.3 is 0 Å². The Morgan fingerprint density at radius 3 is 1.78 bits per heavy atom. The van der Waals surface area contributed by atoms with Crippen molar-refractivity contribution < 1.29 is 4.21 Å². The molecule has 0 amide bonds. The Bertz CT molecular complexity index is 142. The fourth-order valence-corrected chi connectivity index (χ4v) is 2.55. The lowest BCUT2D eigenvalue weighted by atomic mass is 10.9. The van der Waals surface area contributed by atoms with Crippen molar-refractivity contribution in [2.24, 2.45) is 0 Å². The monoisotopic (exact) mass is 189 g/mol. The minimum absolute atomic E-state index is 0.251. The van der Waals surface area contributed by atoms with Crippen LogP contribution >= 0.6 is 23.2 Å². The van der Waals surface area contributed by atoms with Crippen LogP contribution in [-0.2, 0) is 9.73 Å². The van der Waals surface area contributed by atoms with Crippen LogP contribution in [0.15, 0.2) is 0 Å². The van der Waals surface area contributed by atoms with Gasteiger partial charge < -0.3 is 0 Å². The van der Waals surface area contributed by atoms with E-state index in [0.717, 1.165) is 0 Å². The molecule has 0 aliphatic rings. The number of alkyl halides is 2. The molecule has 0 saturated heterocycles. The van der Waals surface area contributed by atoms with E-state index in [1.54, 1.807) is 0 Å². The van der Waals surface area contributed by atoms with Gasteiger partial charge in [0.25, 0.3) is 0 Å². The van der Waals surface area contributed by atoms with Gasteiger partial charge in [-0.1, -0.05) is 0 Å². The summed E-state index contributed by atoms with van der Waals surface area (Å²) in [5.41, 5.74) is 0. The summed E-state index contributed by atoms with van der Waals surface area (Å²) < 4.78 is 18.0. The molecule has 0 saturated carbocycles. The Kier molecular flexibility index (Phi) is 4.62. The zero-order valence-corrected chi connectivity index (χ0v) is 7.23. The van der Waals surface area contributed by atoms with Gasteiger partial charge in [0.2, 0.25) is 0 Å². The third kappa shape index (κ3) is 5.00. The van der Waals surface area contributed by atoms with Crippen molar-refractivity contribution in [3.05, 3.63) is 0 Å². The highest BCUT2D eigenvalue weighted by Crippen LogP contribution is 1.94. The van der Waals surface area contributed by atoms with Crippen LogP contribution in [0.25, 0.3) is 0 Å². The summed E-state index contributed by atoms with van der Waals surface area (Å²) in [7, 11) is -2.45. The van der Waals surface area contributed by atoms with Crippen LogP contribution in [0.1, 0.15) is 0 Å². The van der Waals surface area contributed by atoms with Crippen molar-refractivity contribution in [3.8, 4) is 0 Å². The first kappa shape index (κ1) is 9.53. The van der Waals surface area contributed by atoms with E-state index in [0.29, 0.717) is 0 Å². The SMILES string of the molecule is N=S(=O)(CCCl)CCCl. The third-order valence-electron chi connectivity index (χ3n) is 0.814. The van der Waals surface area contributed by atoms with Gasteiger partial charge in [-0.15, -0.1) is 23.2 Å². The average Bonchev–Trinajstić information content (AvgIpc) is 1.64. The summed E-state index contributed by atoms with van der Waals surface area (Å²) in [6.45, 7) is 0. The first-order valence-electron chi connectivity index (χ1n) is 2.48. The molecular weight excluding hydrogens is 181 g/mol. The van der Waals surface area contributed by atoms with Crippen LogP contribution in [0.3, 0.4) is 0 Å². The molecule has 9 heavy (non-hydrogen) atoms. The highest BCUT2D eigenvalue weighted by Gasteiger charge is 2.02. The van der Waals surface area contributed by atoms with Crippen LogP contribution in [0, 0.1) is 4.78 Å². The summed E-state index contributed by atoms with van der Waals surface area (Å²) >= 11 is 10.6. The molecule has 0 fully saturated rings. The standard InChI is InChI=1S/C4H9Cl2NOS/c5-1-3-9(7,8)4-2-6/h7H,1-4H2. The van der Waals surface area contributed by atoms with E-state index in [1.165, 1.54) is 0 Å². The van der Waals surface area contributed by atoms with Crippen LogP contribution in [-0.4, -0.2) is 27.5 Å². The van der Waals surface area contributed by atoms with Crippen LogP contribution in [0.2, 0.25) is 0 Å². The molecular formula is C4H9Cl2NOS. The van der Waals surface area contributed by atoms with Crippen molar-refractivity contribution in [1.82, 2.24) is 0 Å². The molecule has 0 aromatic carbocycles. The van der Waals surface area contributed by atoms with Crippen molar-refractivity contribution in [2.45, 2.75) is 0 Å². The van der Waals surface area contributed by atoms with Gasteiger partial charge in [0.05, 0.1) is 0 Å². The van der Waals surface area contributed by atoms with Crippen molar-refractivity contribution >= 4 is 32.9 Å². The van der Waals surface area contributed by atoms with E-state index >= 15 is 0 Å². The molecule has 0 bridgehead atoms. The fraction of sp³-hybridized carbons (Fsp3) is 1.00. The number of hydrogen-bond acceptors (Lipinski definition) is 2. The van der Waals surface area contributed by atoms with E-state index in [-0.39, 0.29) is 23.3 Å². The van der Waals surface area contributed by atoms with E-state index in [2.05, 4.69) is 0 Å². The largest absolute Gasteiger partial charge is 0.253 e. The topological polar surface area (TPSA) is 40.9 Å². The zero-order chi connectivity index (χ0) is 7.33. The van der Waals surface area contributed by atoms with Crippen LogP contribution in [0.5, 0.6) is 0 Å². The lowest BCUT2D eigenvalue weighted by Gasteiger charge is -1.99. The van der Waals surface area contributed by atoms with Crippen LogP contribution < -0.4 is 0 Å². The van der Waals surface area contributed by atoms with Crippen molar-refractivity contribution in [1.29, 1.82) is 4.78 Å². The van der Waals surface area contributed by atoms with Gasteiger partial charge in [0.1, 0.15) is 0 Å². The summed E-state index contributed by atoms with van der Waals surface area (Å²) in [6.07, 6.45) is 0. The molecule has 0 radical (unpaired) electrons. The van der Waals surface area contributed by atoms with E-state index in [1.807, 2.05) is 0 Å². The van der Waals surface area contributed by atoms with E-state index in [4.69, 9.17) is 28.0 Å². The molecule has 0 aromatic heterocycles. The molecule has 2 nitrogen and oxygen atoms in total. The predicted octanol–water partition coefficient (Wildman–Crippen LogP) is 1.51. The highest BCUT2D eigenvalue weighted by atomic mass is 35.5. The fourth-order valence-electron chi connectivity index (χ4n) is 0.351. The smallest absolute Gasteiger partial charge is 0.0464 e. The minimum atomic E-state index is -2.45. The molecule has 0 aliphatic heterocycles. The lowest BCUT2D eigenvalue weighted by molar-refractivity contribution is 0.676. The highest BCUT2D eigenvalue weighted by molar-refractivity contribution is 7.92. The molecule has 0 aromatic rings. The second-order valence-electron chi connectivity index (χ2n) is 1.60. The summed E-state index contributed by atoms with van der Waals surface area (Å²) in [6, 6.07) is 0. The van der Waals surface area contributed by atoms with Gasteiger partial charge in [-0.05, 0) is 0 Å². The molecule has 0 unspecified atom stereocenters. The number of hydrogen-bond donors (Lipinski definition) is 1. The van der Waals surface area contributed by atoms with E-state index in [9.17, 15) is 4.21 Å². The second kappa shape index (κ2) is 4.36. The average molecular weight is 190 g/mol. The maximum absolute atomic E-state index is 10.9. The van der Waals surface area contributed by atoms with E-state index < -0.39 is 9.73 Å². The summed E-state index contributed by atoms with van der Waals surface area (Å²) in [5.74, 6) is 1.06. The quantitative estimate of drug-likeness (QED) is 0.670. The maximum atomic E-state index is 10.9. The van der Waals surface area contributed by atoms with Crippen molar-refractivity contribution in [3.63, 3.8) is 0 Å². The Morgan fingerprint density at radius 1 is 1.22 bits per heavy atom. The van der Waals surface area contributed by atoms with Gasteiger partial charge in [0, 0.05) is 33.0 Å². The van der Waals surface area contributed by atoms with Crippen LogP contribution in [0.4, 0.5) is 0 Å². The van der Waals surface area contributed by atoms with Gasteiger partial charge in [-0.3, -0.25) is 4.78 Å². The Morgan fingerprint density at radius 2 is 1.56 bits per heavy atom.